The minimum Gasteiger partial charge on any atom is -0.355 e. The zero-order valence-corrected chi connectivity index (χ0v) is 11.9. The monoisotopic (exact) mass is 240 g/mol. The summed E-state index contributed by atoms with van der Waals surface area (Å²) >= 11 is 0. The number of guanidine groups is 1. The fraction of sp³-hybridized carbons (Fsp3) is 0.923. The lowest BCUT2D eigenvalue weighted by atomic mass is 10.0. The molecule has 1 aliphatic carbocycles. The molecule has 0 radical (unpaired) electrons. The van der Waals surface area contributed by atoms with Crippen LogP contribution in [0.3, 0.4) is 0 Å². The molecule has 0 atom stereocenters. The van der Waals surface area contributed by atoms with Crippen molar-refractivity contribution in [2.45, 2.75) is 47.5 Å². The van der Waals surface area contributed by atoms with E-state index in [0.29, 0.717) is 16.7 Å². The van der Waals surface area contributed by atoms with Gasteiger partial charge in [-0.15, -0.1) is 0 Å². The van der Waals surface area contributed by atoms with Crippen LogP contribution in [0, 0.1) is 16.7 Å². The Morgan fingerprint density at radius 1 is 1.24 bits per heavy atom. The largest absolute Gasteiger partial charge is 0.355 e. The third-order valence-electron chi connectivity index (χ3n) is 4.71. The summed E-state index contributed by atoms with van der Waals surface area (Å²) < 4.78 is 0. The van der Waals surface area contributed by atoms with Crippen LogP contribution in [0.4, 0.5) is 0 Å². The van der Waals surface area contributed by atoms with Crippen LogP contribution in [0.2, 0.25) is 0 Å². The average molecular weight is 240 g/mol. The molecule has 4 N–H and O–H groups in total. The number of aliphatic imine (C=N–C) groups is 1. The highest BCUT2D eigenvalue weighted by Gasteiger charge is 2.64. The van der Waals surface area contributed by atoms with Gasteiger partial charge in [0, 0.05) is 13.1 Å². The highest BCUT2D eigenvalue weighted by molar-refractivity contribution is 5.79. The molecule has 0 unspecified atom stereocenters. The second-order valence-electron chi connectivity index (χ2n) is 6.11. The normalized spacial score (nSPS) is 22.4. The summed E-state index contributed by atoms with van der Waals surface area (Å²) in [5, 5.41) is 3.22. The van der Waals surface area contributed by atoms with Crippen molar-refractivity contribution in [3.63, 3.8) is 0 Å². The zero-order chi connectivity index (χ0) is 13.1. The number of nitrogens with one attached hydrogen (secondary N) is 2. The molecule has 17 heavy (non-hydrogen) atoms. The maximum atomic E-state index is 5.45. The third kappa shape index (κ3) is 2.92. The third-order valence-corrected chi connectivity index (χ3v) is 4.71. The second-order valence-corrected chi connectivity index (χ2v) is 6.11. The smallest absolute Gasteiger partial charge is 0.205 e. The first kappa shape index (κ1) is 14.3. The Morgan fingerprint density at radius 2 is 1.82 bits per heavy atom. The molecular weight excluding hydrogens is 212 g/mol. The van der Waals surface area contributed by atoms with Crippen LogP contribution >= 0.6 is 0 Å². The van der Waals surface area contributed by atoms with Gasteiger partial charge in [0.2, 0.25) is 5.96 Å². The Bertz CT molecular complexity index is 267. The maximum Gasteiger partial charge on any atom is 0.205 e. The number of hydrogen-bond donors (Lipinski definition) is 3. The first-order valence-corrected chi connectivity index (χ1v) is 6.62. The van der Waals surface area contributed by atoms with Crippen LogP contribution in [-0.2, 0) is 0 Å². The van der Waals surface area contributed by atoms with E-state index >= 15 is 0 Å². The van der Waals surface area contributed by atoms with Gasteiger partial charge in [-0.25, -0.2) is 5.84 Å². The van der Waals surface area contributed by atoms with Gasteiger partial charge in [0.25, 0.3) is 0 Å². The Labute approximate surface area is 105 Å². The minimum absolute atomic E-state index is 0.389. The molecule has 0 aromatic heterocycles. The molecule has 4 nitrogen and oxygen atoms in total. The van der Waals surface area contributed by atoms with E-state index in [1.165, 1.54) is 6.42 Å². The van der Waals surface area contributed by atoms with Crippen molar-refractivity contribution < 1.29 is 0 Å². The van der Waals surface area contributed by atoms with Crippen LogP contribution in [0.25, 0.3) is 0 Å². The van der Waals surface area contributed by atoms with Crippen molar-refractivity contribution in [3.8, 4) is 0 Å². The summed E-state index contributed by atoms with van der Waals surface area (Å²) in [6.07, 6.45) is 2.31. The molecule has 100 valence electrons. The lowest BCUT2D eigenvalue weighted by molar-refractivity contribution is 0.457. The molecule has 1 aliphatic rings. The number of unbranched alkanes of at least 4 members (excludes halogenated alkanes) is 1. The van der Waals surface area contributed by atoms with Crippen molar-refractivity contribution in [2.24, 2.45) is 27.6 Å². The van der Waals surface area contributed by atoms with Crippen molar-refractivity contribution in [3.05, 3.63) is 0 Å². The lowest BCUT2D eigenvalue weighted by Crippen LogP contribution is -2.42. The molecule has 0 heterocycles. The van der Waals surface area contributed by atoms with Gasteiger partial charge in [0.1, 0.15) is 0 Å². The lowest BCUT2D eigenvalue weighted by Gasteiger charge is -2.08. The second kappa shape index (κ2) is 5.25. The van der Waals surface area contributed by atoms with Gasteiger partial charge in [-0.3, -0.25) is 10.4 Å². The summed E-state index contributed by atoms with van der Waals surface area (Å²) in [5.74, 6) is 6.82. The number of nitrogens with two attached hydrogens (primary N) is 1. The van der Waals surface area contributed by atoms with E-state index in [4.69, 9.17) is 5.84 Å². The van der Waals surface area contributed by atoms with E-state index in [2.05, 4.69) is 50.4 Å². The summed E-state index contributed by atoms with van der Waals surface area (Å²) in [6.45, 7) is 13.2. The maximum absolute atomic E-state index is 5.45. The van der Waals surface area contributed by atoms with Crippen molar-refractivity contribution in [1.82, 2.24) is 10.7 Å². The SMILES string of the molecule is CCCCNC(=NCC1C(C)(C)C1(C)C)NN. The Balaban J connectivity index is 2.41. The molecule has 1 saturated carbocycles. The minimum atomic E-state index is 0.389. The van der Waals surface area contributed by atoms with Gasteiger partial charge >= 0.3 is 0 Å². The summed E-state index contributed by atoms with van der Waals surface area (Å²) in [6, 6.07) is 0. The zero-order valence-electron chi connectivity index (χ0n) is 11.9. The van der Waals surface area contributed by atoms with Crippen LogP contribution in [0.15, 0.2) is 4.99 Å². The first-order valence-electron chi connectivity index (χ1n) is 6.62. The summed E-state index contributed by atoms with van der Waals surface area (Å²) in [5.41, 5.74) is 3.41. The van der Waals surface area contributed by atoms with Crippen LogP contribution in [0.5, 0.6) is 0 Å². The standard InChI is InChI=1S/C13H28N4/c1-6-7-8-15-11(17-14)16-9-10-12(2,3)13(10,4)5/h10H,6-9,14H2,1-5H3,(H2,15,16,17). The summed E-state index contributed by atoms with van der Waals surface area (Å²) in [4.78, 5) is 4.54. The van der Waals surface area contributed by atoms with Gasteiger partial charge in [0.15, 0.2) is 0 Å². The topological polar surface area (TPSA) is 62.4 Å². The molecule has 0 aromatic rings. The van der Waals surface area contributed by atoms with E-state index in [1.54, 1.807) is 0 Å². The fourth-order valence-electron chi connectivity index (χ4n) is 2.51. The summed E-state index contributed by atoms with van der Waals surface area (Å²) in [7, 11) is 0. The molecule has 1 rings (SSSR count). The van der Waals surface area contributed by atoms with E-state index in [0.717, 1.165) is 25.5 Å². The van der Waals surface area contributed by atoms with Crippen LogP contribution < -0.4 is 16.6 Å². The van der Waals surface area contributed by atoms with Gasteiger partial charge in [-0.1, -0.05) is 41.0 Å². The fourth-order valence-corrected chi connectivity index (χ4v) is 2.51. The predicted octanol–water partition coefficient (Wildman–Crippen LogP) is 1.88. The van der Waals surface area contributed by atoms with Gasteiger partial charge in [-0.2, -0.15) is 0 Å². The van der Waals surface area contributed by atoms with Crippen molar-refractivity contribution in [1.29, 1.82) is 0 Å². The van der Waals surface area contributed by atoms with Crippen molar-refractivity contribution >= 4 is 5.96 Å². The average Bonchev–Trinajstić information content (AvgIpc) is 2.64. The highest BCUT2D eigenvalue weighted by atomic mass is 15.3. The number of rotatable bonds is 5. The van der Waals surface area contributed by atoms with Gasteiger partial charge in [0.05, 0.1) is 0 Å². The number of hydrazine groups is 1. The number of nitrogens with zero attached hydrogens (tertiary/aromatic N) is 1. The van der Waals surface area contributed by atoms with E-state index in [-0.39, 0.29) is 0 Å². The van der Waals surface area contributed by atoms with E-state index in [9.17, 15) is 0 Å². The molecular formula is C13H28N4. The molecule has 0 aliphatic heterocycles. The number of hydrogen-bond acceptors (Lipinski definition) is 2. The Kier molecular flexibility index (Phi) is 4.42. The highest BCUT2D eigenvalue weighted by Crippen LogP contribution is 2.68. The van der Waals surface area contributed by atoms with Crippen molar-refractivity contribution in [2.75, 3.05) is 13.1 Å². The molecule has 0 saturated heterocycles. The molecule has 0 spiro atoms. The molecule has 0 amide bonds. The Morgan fingerprint density at radius 3 is 2.24 bits per heavy atom. The molecule has 0 bridgehead atoms. The molecule has 1 fully saturated rings. The van der Waals surface area contributed by atoms with Gasteiger partial charge in [-0.05, 0) is 23.2 Å². The Hall–Kier alpha value is -0.770. The molecule has 4 heteroatoms. The van der Waals surface area contributed by atoms with Gasteiger partial charge < -0.3 is 5.32 Å². The van der Waals surface area contributed by atoms with Crippen LogP contribution in [0.1, 0.15) is 47.5 Å². The molecule has 0 aromatic carbocycles. The van der Waals surface area contributed by atoms with E-state index in [1.807, 2.05) is 0 Å². The quantitative estimate of drug-likeness (QED) is 0.226. The van der Waals surface area contributed by atoms with E-state index < -0.39 is 0 Å². The predicted molar refractivity (Wildman–Crippen MR) is 73.6 cm³/mol. The van der Waals surface area contributed by atoms with Crippen LogP contribution in [-0.4, -0.2) is 19.0 Å². The first-order chi connectivity index (χ1) is 7.87.